The summed E-state index contributed by atoms with van der Waals surface area (Å²) in [6.07, 6.45) is 0. The number of methoxy groups -OCH3 is 1. The van der Waals surface area contributed by atoms with E-state index in [1.54, 1.807) is 37.3 Å². The molecule has 23 heavy (non-hydrogen) atoms. The molecule has 0 aliphatic rings. The fraction of sp³-hybridized carbons (Fsp3) is 0.176. The van der Waals surface area contributed by atoms with Crippen LogP contribution in [0, 0.1) is 13.8 Å². The van der Waals surface area contributed by atoms with Crippen LogP contribution in [-0.2, 0) is 9.59 Å². The minimum absolute atomic E-state index is 0.440. The summed E-state index contributed by atoms with van der Waals surface area (Å²) in [5, 5.41) is 5.61. The summed E-state index contributed by atoms with van der Waals surface area (Å²) in [6.45, 7) is 3.64. The zero-order valence-electron chi connectivity index (χ0n) is 13.1. The maximum atomic E-state index is 12.1. The number of carbonyl (C=O) groups is 2. The minimum atomic E-state index is -0.784. The zero-order chi connectivity index (χ0) is 17.0. The Morgan fingerprint density at radius 3 is 2.30 bits per heavy atom. The minimum Gasteiger partial charge on any atom is -0.495 e. The Bertz CT molecular complexity index is 759. The molecule has 0 aliphatic heterocycles. The number of carbonyl (C=O) groups excluding carboxylic acids is 2. The average Bonchev–Trinajstić information content (AvgIpc) is 2.52. The normalized spacial score (nSPS) is 10.1. The molecule has 0 heterocycles. The van der Waals surface area contributed by atoms with Gasteiger partial charge in [-0.05, 0) is 49.2 Å². The van der Waals surface area contributed by atoms with Crippen molar-refractivity contribution in [3.05, 3.63) is 52.5 Å². The quantitative estimate of drug-likeness (QED) is 0.845. The molecule has 2 rings (SSSR count). The number of aryl methyl sites for hydroxylation is 1. The number of ether oxygens (including phenoxy) is 1. The summed E-state index contributed by atoms with van der Waals surface area (Å²) in [5.41, 5.74) is 2.57. The maximum Gasteiger partial charge on any atom is 0.314 e. The monoisotopic (exact) mass is 332 g/mol. The van der Waals surface area contributed by atoms with Crippen LogP contribution in [0.15, 0.2) is 36.4 Å². The van der Waals surface area contributed by atoms with Crippen LogP contribution in [0.25, 0.3) is 0 Å². The Morgan fingerprint density at radius 2 is 1.65 bits per heavy atom. The van der Waals surface area contributed by atoms with Crippen molar-refractivity contribution in [1.29, 1.82) is 0 Å². The number of hydrogen-bond acceptors (Lipinski definition) is 3. The molecule has 6 heteroatoms. The van der Waals surface area contributed by atoms with Gasteiger partial charge in [0.05, 0.1) is 12.8 Å². The molecule has 2 aromatic rings. The first kappa shape index (κ1) is 16.8. The fourth-order valence-corrected chi connectivity index (χ4v) is 2.20. The highest BCUT2D eigenvalue weighted by Gasteiger charge is 2.17. The lowest BCUT2D eigenvalue weighted by Crippen LogP contribution is -2.29. The summed E-state index contributed by atoms with van der Waals surface area (Å²) in [4.78, 5) is 24.1. The maximum absolute atomic E-state index is 12.1. The van der Waals surface area contributed by atoms with Gasteiger partial charge >= 0.3 is 11.8 Å². The molecule has 0 saturated carbocycles. The predicted octanol–water partition coefficient (Wildman–Crippen LogP) is 3.54. The lowest BCUT2D eigenvalue weighted by Gasteiger charge is -2.12. The molecule has 0 fully saturated rings. The van der Waals surface area contributed by atoms with Crippen LogP contribution in [0.1, 0.15) is 11.1 Å². The number of amides is 2. The second-order valence-electron chi connectivity index (χ2n) is 5.02. The van der Waals surface area contributed by atoms with E-state index in [2.05, 4.69) is 10.6 Å². The first-order chi connectivity index (χ1) is 10.9. The van der Waals surface area contributed by atoms with Crippen molar-refractivity contribution in [2.45, 2.75) is 13.8 Å². The zero-order valence-corrected chi connectivity index (χ0v) is 13.8. The van der Waals surface area contributed by atoms with Crippen LogP contribution < -0.4 is 15.4 Å². The van der Waals surface area contributed by atoms with Crippen molar-refractivity contribution in [2.75, 3.05) is 17.7 Å². The number of hydrogen-bond donors (Lipinski definition) is 2. The van der Waals surface area contributed by atoms with Crippen LogP contribution in [0.4, 0.5) is 11.4 Å². The smallest absolute Gasteiger partial charge is 0.314 e. The van der Waals surface area contributed by atoms with Crippen molar-refractivity contribution in [2.24, 2.45) is 0 Å². The van der Waals surface area contributed by atoms with Crippen molar-refractivity contribution in [3.63, 3.8) is 0 Å². The van der Waals surface area contributed by atoms with Crippen LogP contribution in [-0.4, -0.2) is 18.9 Å². The van der Waals surface area contributed by atoms with Gasteiger partial charge in [0.2, 0.25) is 0 Å². The Morgan fingerprint density at radius 1 is 1.00 bits per heavy atom. The lowest BCUT2D eigenvalue weighted by molar-refractivity contribution is -0.133. The first-order valence-corrected chi connectivity index (χ1v) is 7.32. The molecule has 0 bridgehead atoms. The van der Waals surface area contributed by atoms with E-state index in [0.29, 0.717) is 27.7 Å². The largest absolute Gasteiger partial charge is 0.495 e. The topological polar surface area (TPSA) is 67.4 Å². The second-order valence-corrected chi connectivity index (χ2v) is 5.43. The molecule has 0 spiro atoms. The molecule has 120 valence electrons. The van der Waals surface area contributed by atoms with Gasteiger partial charge < -0.3 is 15.4 Å². The number of rotatable bonds is 3. The molecule has 0 atom stereocenters. The van der Waals surface area contributed by atoms with Gasteiger partial charge in [-0.15, -0.1) is 0 Å². The van der Waals surface area contributed by atoms with E-state index < -0.39 is 11.8 Å². The van der Waals surface area contributed by atoms with Gasteiger partial charge in [-0.2, -0.15) is 0 Å². The van der Waals surface area contributed by atoms with Gasteiger partial charge in [0, 0.05) is 10.7 Å². The molecule has 0 unspecified atom stereocenters. The molecule has 2 aromatic carbocycles. The molecule has 0 saturated heterocycles. The lowest BCUT2D eigenvalue weighted by atomic mass is 10.2. The van der Waals surface area contributed by atoms with Gasteiger partial charge in [-0.1, -0.05) is 23.7 Å². The van der Waals surface area contributed by atoms with E-state index in [1.807, 2.05) is 13.0 Å². The summed E-state index contributed by atoms with van der Waals surface area (Å²) < 4.78 is 5.17. The molecular weight excluding hydrogens is 316 g/mol. The number of benzene rings is 2. The van der Waals surface area contributed by atoms with Gasteiger partial charge in [0.15, 0.2) is 0 Å². The Balaban J connectivity index is 2.13. The van der Waals surface area contributed by atoms with Crippen molar-refractivity contribution in [1.82, 2.24) is 0 Å². The van der Waals surface area contributed by atoms with Gasteiger partial charge in [0.1, 0.15) is 5.75 Å². The highest BCUT2D eigenvalue weighted by molar-refractivity contribution is 6.44. The third kappa shape index (κ3) is 4.02. The first-order valence-electron chi connectivity index (χ1n) is 6.94. The van der Waals surface area contributed by atoms with E-state index in [4.69, 9.17) is 16.3 Å². The summed E-state index contributed by atoms with van der Waals surface area (Å²) >= 11 is 6.00. The van der Waals surface area contributed by atoms with Gasteiger partial charge in [0.25, 0.3) is 0 Å². The Hall–Kier alpha value is -2.53. The van der Waals surface area contributed by atoms with Crippen molar-refractivity contribution in [3.8, 4) is 5.75 Å². The fourth-order valence-electron chi connectivity index (χ4n) is 2.02. The molecular formula is C17H17ClN2O3. The van der Waals surface area contributed by atoms with E-state index in [0.717, 1.165) is 5.56 Å². The van der Waals surface area contributed by atoms with Crippen molar-refractivity contribution < 1.29 is 14.3 Å². The summed E-state index contributed by atoms with van der Waals surface area (Å²) in [6, 6.07) is 10.4. The van der Waals surface area contributed by atoms with E-state index in [9.17, 15) is 9.59 Å². The molecule has 0 radical (unpaired) electrons. The molecule has 0 aromatic heterocycles. The molecule has 2 amide bonds. The number of anilines is 2. The summed E-state index contributed by atoms with van der Waals surface area (Å²) in [7, 11) is 1.50. The number of nitrogens with one attached hydrogen (secondary N) is 2. The van der Waals surface area contributed by atoms with E-state index >= 15 is 0 Å². The third-order valence-corrected chi connectivity index (χ3v) is 3.73. The number of halogens is 1. The van der Waals surface area contributed by atoms with Crippen LogP contribution in [0.3, 0.4) is 0 Å². The SMILES string of the molecule is COc1ccc(C)cc1NC(=O)C(=O)Nc1cccc(Cl)c1C. The molecule has 2 N–H and O–H groups in total. The Kier molecular flexibility index (Phi) is 5.24. The van der Waals surface area contributed by atoms with Crippen LogP contribution in [0.5, 0.6) is 5.75 Å². The third-order valence-electron chi connectivity index (χ3n) is 3.33. The van der Waals surface area contributed by atoms with E-state index in [1.165, 1.54) is 7.11 Å². The van der Waals surface area contributed by atoms with Gasteiger partial charge in [-0.25, -0.2) is 0 Å². The van der Waals surface area contributed by atoms with Crippen LogP contribution >= 0.6 is 11.6 Å². The summed E-state index contributed by atoms with van der Waals surface area (Å²) in [5.74, 6) is -1.08. The molecule has 0 aliphatic carbocycles. The highest BCUT2D eigenvalue weighted by atomic mass is 35.5. The predicted molar refractivity (Wildman–Crippen MR) is 91.2 cm³/mol. The van der Waals surface area contributed by atoms with Crippen molar-refractivity contribution >= 4 is 34.8 Å². The van der Waals surface area contributed by atoms with Gasteiger partial charge in [-0.3, -0.25) is 9.59 Å². The standard InChI is InChI=1S/C17H17ClN2O3/c1-10-7-8-15(23-3)14(9-10)20-17(22)16(21)19-13-6-4-5-12(18)11(13)2/h4-9H,1-3H3,(H,19,21)(H,20,22). The highest BCUT2D eigenvalue weighted by Crippen LogP contribution is 2.26. The Labute approximate surface area is 139 Å². The second kappa shape index (κ2) is 7.15. The molecule has 5 nitrogen and oxygen atoms in total. The average molecular weight is 333 g/mol. The van der Waals surface area contributed by atoms with E-state index in [-0.39, 0.29) is 0 Å². The van der Waals surface area contributed by atoms with Crippen LogP contribution in [0.2, 0.25) is 5.02 Å².